The Bertz CT molecular complexity index is 690. The van der Waals surface area contributed by atoms with Gasteiger partial charge in [0.05, 0.1) is 5.92 Å². The van der Waals surface area contributed by atoms with Gasteiger partial charge in [0.25, 0.3) is 0 Å². The summed E-state index contributed by atoms with van der Waals surface area (Å²) in [5.74, 6) is -0.0891. The first-order chi connectivity index (χ1) is 10.2. The summed E-state index contributed by atoms with van der Waals surface area (Å²) in [4.78, 5) is 18.0. The maximum Gasteiger partial charge on any atom is 0.233 e. The maximum absolute atomic E-state index is 12.5. The highest BCUT2D eigenvalue weighted by Gasteiger charge is 2.27. The van der Waals surface area contributed by atoms with Gasteiger partial charge in [0, 0.05) is 10.3 Å². The molecule has 110 valence electrons. The second kappa shape index (κ2) is 5.95. The first-order valence-corrected chi connectivity index (χ1v) is 8.46. The van der Waals surface area contributed by atoms with Crippen molar-refractivity contribution in [2.24, 2.45) is 5.16 Å². The zero-order valence-electron chi connectivity index (χ0n) is 11.5. The van der Waals surface area contributed by atoms with Crippen molar-refractivity contribution in [3.05, 3.63) is 33.0 Å². The Labute approximate surface area is 130 Å². The van der Waals surface area contributed by atoms with Crippen molar-refractivity contribution in [1.82, 2.24) is 4.98 Å². The highest BCUT2D eigenvalue weighted by atomic mass is 32.1. The number of carbonyl (C=O) groups excluding carboxylic acids is 1. The molecule has 0 saturated carbocycles. The molecule has 0 fully saturated rings. The van der Waals surface area contributed by atoms with Crippen molar-refractivity contribution >= 4 is 39.4 Å². The number of nitrogens with one attached hydrogen (secondary N) is 1. The van der Waals surface area contributed by atoms with Crippen LogP contribution in [0, 0.1) is 0 Å². The van der Waals surface area contributed by atoms with E-state index < -0.39 is 0 Å². The molecule has 21 heavy (non-hydrogen) atoms. The van der Waals surface area contributed by atoms with Crippen molar-refractivity contribution in [1.29, 1.82) is 0 Å². The van der Waals surface area contributed by atoms with E-state index in [0.29, 0.717) is 16.5 Å². The van der Waals surface area contributed by atoms with E-state index in [-0.39, 0.29) is 11.8 Å². The van der Waals surface area contributed by atoms with Gasteiger partial charge in [-0.1, -0.05) is 5.16 Å². The van der Waals surface area contributed by atoms with Crippen LogP contribution in [0.1, 0.15) is 41.8 Å². The Hall–Kier alpha value is -1.73. The lowest BCUT2D eigenvalue weighted by Crippen LogP contribution is -2.23. The molecule has 0 bridgehead atoms. The van der Waals surface area contributed by atoms with Gasteiger partial charge in [-0.3, -0.25) is 4.79 Å². The summed E-state index contributed by atoms with van der Waals surface area (Å²) < 4.78 is 0. The summed E-state index contributed by atoms with van der Waals surface area (Å²) in [5.41, 5.74) is 2.18. The number of nitrogens with zero attached hydrogens (tertiary/aromatic N) is 2. The third kappa shape index (κ3) is 2.84. The van der Waals surface area contributed by atoms with E-state index in [1.165, 1.54) is 16.2 Å². The lowest BCUT2D eigenvalue weighted by Gasteiger charge is -2.21. The number of anilines is 1. The lowest BCUT2D eigenvalue weighted by molar-refractivity contribution is -0.117. The summed E-state index contributed by atoms with van der Waals surface area (Å²) >= 11 is 3.06. The average molecular weight is 321 g/mol. The number of fused-ring (bicyclic) bond motifs is 1. The summed E-state index contributed by atoms with van der Waals surface area (Å²) in [6.07, 6.45) is 3.00. The molecule has 0 spiro atoms. The van der Waals surface area contributed by atoms with Gasteiger partial charge < -0.3 is 10.5 Å². The molecule has 1 aliphatic rings. The molecule has 1 unspecified atom stereocenters. The van der Waals surface area contributed by atoms with Gasteiger partial charge in [0.2, 0.25) is 5.91 Å². The topological polar surface area (TPSA) is 74.6 Å². The van der Waals surface area contributed by atoms with Gasteiger partial charge in [-0.15, -0.1) is 22.7 Å². The summed E-state index contributed by atoms with van der Waals surface area (Å²) in [6.45, 7) is 1.67. The number of oxime groups is 1. The van der Waals surface area contributed by atoms with Crippen molar-refractivity contribution in [3.8, 4) is 0 Å². The smallest absolute Gasteiger partial charge is 0.233 e. The Kier molecular flexibility index (Phi) is 4.03. The zero-order chi connectivity index (χ0) is 14.8. The summed E-state index contributed by atoms with van der Waals surface area (Å²) in [5, 5.41) is 19.1. The van der Waals surface area contributed by atoms with Crippen LogP contribution in [0.3, 0.4) is 0 Å². The Morgan fingerprint density at radius 3 is 3.19 bits per heavy atom. The molecule has 3 rings (SSSR count). The number of hydrogen-bond donors (Lipinski definition) is 2. The number of thiazole rings is 1. The molecule has 2 aromatic rings. The number of amides is 1. The third-order valence-electron chi connectivity index (χ3n) is 3.62. The van der Waals surface area contributed by atoms with Crippen molar-refractivity contribution in [3.63, 3.8) is 0 Å². The van der Waals surface area contributed by atoms with Crippen molar-refractivity contribution in [2.45, 2.75) is 32.1 Å². The normalized spacial score (nSPS) is 18.3. The van der Waals surface area contributed by atoms with Gasteiger partial charge in [-0.2, -0.15) is 0 Å². The minimum absolute atomic E-state index is 0.00570. The number of aryl methyl sites for hydroxylation is 1. The summed E-state index contributed by atoms with van der Waals surface area (Å²) in [6, 6.07) is 2.05. The number of rotatable bonds is 3. The molecule has 1 amide bonds. The van der Waals surface area contributed by atoms with Crippen LogP contribution in [0.4, 0.5) is 5.13 Å². The van der Waals surface area contributed by atoms with Crippen LogP contribution in [0.25, 0.3) is 0 Å². The fraction of sp³-hybridized carbons (Fsp3) is 0.357. The van der Waals surface area contributed by atoms with Crippen molar-refractivity contribution in [2.75, 3.05) is 5.32 Å². The van der Waals surface area contributed by atoms with Gasteiger partial charge in [0.1, 0.15) is 11.4 Å². The molecule has 1 aliphatic carbocycles. The minimum Gasteiger partial charge on any atom is -0.411 e. The fourth-order valence-electron chi connectivity index (χ4n) is 2.50. The molecule has 0 saturated heterocycles. The molecule has 5 nitrogen and oxygen atoms in total. The number of hydrogen-bond acceptors (Lipinski definition) is 6. The molecular formula is C14H15N3O2S2. The standard InChI is InChI=1S/C14H15N3O2S2/c1-8(17-19)11-7-21-14(15-11)16-13(18)10-3-2-4-12-9(10)5-6-20-12/h5-7,10,19H,2-4H2,1H3,(H,15,16,18)/b17-8-. The monoisotopic (exact) mass is 321 g/mol. The molecular weight excluding hydrogens is 306 g/mol. The molecule has 2 aromatic heterocycles. The van der Waals surface area contributed by atoms with E-state index in [1.807, 2.05) is 0 Å². The molecule has 2 heterocycles. The first-order valence-electron chi connectivity index (χ1n) is 6.70. The van der Waals surface area contributed by atoms with Crippen LogP contribution in [-0.4, -0.2) is 21.8 Å². The number of carbonyl (C=O) groups is 1. The third-order valence-corrected chi connectivity index (χ3v) is 5.38. The van der Waals surface area contributed by atoms with Gasteiger partial charge in [0.15, 0.2) is 5.13 Å². The number of aromatic nitrogens is 1. The zero-order valence-corrected chi connectivity index (χ0v) is 13.1. The molecule has 0 aliphatic heterocycles. The van der Waals surface area contributed by atoms with E-state index in [4.69, 9.17) is 5.21 Å². The maximum atomic E-state index is 12.5. The van der Waals surface area contributed by atoms with E-state index in [1.54, 1.807) is 23.6 Å². The van der Waals surface area contributed by atoms with E-state index in [0.717, 1.165) is 24.8 Å². The minimum atomic E-state index is -0.0834. The van der Waals surface area contributed by atoms with Crippen LogP contribution in [0.5, 0.6) is 0 Å². The predicted molar refractivity (Wildman–Crippen MR) is 84.7 cm³/mol. The summed E-state index contributed by atoms with van der Waals surface area (Å²) in [7, 11) is 0. The molecule has 1 atom stereocenters. The number of thiophene rings is 1. The van der Waals surface area contributed by atoms with Crippen LogP contribution >= 0.6 is 22.7 Å². The van der Waals surface area contributed by atoms with Crippen LogP contribution in [-0.2, 0) is 11.2 Å². The first kappa shape index (κ1) is 14.2. The largest absolute Gasteiger partial charge is 0.411 e. The van der Waals surface area contributed by atoms with E-state index >= 15 is 0 Å². The van der Waals surface area contributed by atoms with Crippen LogP contribution in [0.2, 0.25) is 0 Å². The van der Waals surface area contributed by atoms with Gasteiger partial charge >= 0.3 is 0 Å². The molecule has 0 radical (unpaired) electrons. The van der Waals surface area contributed by atoms with E-state index in [2.05, 4.69) is 26.9 Å². The lowest BCUT2D eigenvalue weighted by atomic mass is 9.87. The molecule has 0 aromatic carbocycles. The van der Waals surface area contributed by atoms with E-state index in [9.17, 15) is 4.79 Å². The van der Waals surface area contributed by atoms with Gasteiger partial charge in [-0.25, -0.2) is 4.98 Å². The Morgan fingerprint density at radius 2 is 2.38 bits per heavy atom. The van der Waals surface area contributed by atoms with Crippen molar-refractivity contribution < 1.29 is 10.0 Å². The Morgan fingerprint density at radius 1 is 1.52 bits per heavy atom. The fourth-order valence-corrected chi connectivity index (χ4v) is 4.24. The second-order valence-electron chi connectivity index (χ2n) is 4.96. The van der Waals surface area contributed by atoms with Crippen LogP contribution in [0.15, 0.2) is 22.0 Å². The highest BCUT2D eigenvalue weighted by Crippen LogP contribution is 2.35. The highest BCUT2D eigenvalue weighted by molar-refractivity contribution is 7.14. The second-order valence-corrected chi connectivity index (χ2v) is 6.82. The predicted octanol–water partition coefficient (Wildman–Crippen LogP) is 3.46. The van der Waals surface area contributed by atoms with Crippen LogP contribution < -0.4 is 5.32 Å². The van der Waals surface area contributed by atoms with Gasteiger partial charge in [-0.05, 0) is 43.2 Å². The average Bonchev–Trinajstić information content (AvgIpc) is 3.14. The SMILES string of the molecule is C/C(=N/O)c1csc(NC(=O)C2CCCc3sccc32)n1. The molecule has 2 N–H and O–H groups in total. The molecule has 7 heteroatoms. The quantitative estimate of drug-likeness (QED) is 0.516. The Balaban J connectivity index is 1.74.